The molecule has 6 rings (SSSR count). The normalized spacial score (nSPS) is 55.2. The highest BCUT2D eigenvalue weighted by molar-refractivity contribution is 8.02. The number of thioether (sulfide) groups is 2. The van der Waals surface area contributed by atoms with Crippen LogP contribution in [0.5, 0.6) is 0 Å². The van der Waals surface area contributed by atoms with Gasteiger partial charge in [-0.2, -0.15) is 0 Å². The summed E-state index contributed by atoms with van der Waals surface area (Å²) in [5.74, 6) is -1.35. The van der Waals surface area contributed by atoms with Gasteiger partial charge in [0.2, 0.25) is 0 Å². The molecule has 4 saturated heterocycles. The quantitative estimate of drug-likeness (QED) is 0.483. The van der Waals surface area contributed by atoms with Crippen LogP contribution < -0.4 is 0 Å². The van der Waals surface area contributed by atoms with Crippen molar-refractivity contribution in [2.45, 2.75) is 77.5 Å². The number of Topliss-reactive ketones (excluding diaryl/α,β-unsaturated/α-hetero) is 1. The topological polar surface area (TPSA) is 118 Å². The monoisotopic (exact) mass is 440 g/mol. The van der Waals surface area contributed by atoms with Gasteiger partial charge >= 0.3 is 0 Å². The molecule has 6 aliphatic rings. The highest BCUT2D eigenvalue weighted by Gasteiger charge is 2.78. The van der Waals surface area contributed by atoms with Crippen LogP contribution in [0.2, 0.25) is 0 Å². The Labute approximate surface area is 176 Å². The van der Waals surface area contributed by atoms with E-state index < -0.39 is 46.1 Å². The van der Waals surface area contributed by atoms with Gasteiger partial charge in [-0.05, 0) is 25.5 Å². The van der Waals surface area contributed by atoms with Gasteiger partial charge < -0.3 is 25.1 Å². The molecular formula is C19H24N2O6S2. The Kier molecular flexibility index (Phi) is 3.72. The molecule has 0 unspecified atom stereocenters. The number of amides is 2. The van der Waals surface area contributed by atoms with Crippen molar-refractivity contribution in [2.24, 2.45) is 11.8 Å². The maximum atomic E-state index is 14.1. The zero-order valence-corrected chi connectivity index (χ0v) is 17.6. The van der Waals surface area contributed by atoms with Gasteiger partial charge in [0.05, 0.1) is 30.4 Å². The van der Waals surface area contributed by atoms with Crippen LogP contribution in [0.3, 0.4) is 0 Å². The summed E-state index contributed by atoms with van der Waals surface area (Å²) in [5, 5.41) is 31.9. The van der Waals surface area contributed by atoms with Crippen LogP contribution in [0.1, 0.15) is 32.1 Å². The number of carbonyl (C=O) groups excluding carboxylic acids is 3. The van der Waals surface area contributed by atoms with Crippen LogP contribution in [0.4, 0.5) is 0 Å². The molecule has 29 heavy (non-hydrogen) atoms. The van der Waals surface area contributed by atoms with E-state index in [0.29, 0.717) is 12.8 Å². The summed E-state index contributed by atoms with van der Waals surface area (Å²) in [5.41, 5.74) is 0. The van der Waals surface area contributed by atoms with Crippen molar-refractivity contribution in [3.8, 4) is 0 Å². The number of rotatable bonds is 1. The summed E-state index contributed by atoms with van der Waals surface area (Å²) in [4.78, 5) is 41.5. The molecule has 0 aromatic rings. The lowest BCUT2D eigenvalue weighted by Gasteiger charge is -2.58. The molecule has 4 aliphatic heterocycles. The van der Waals surface area contributed by atoms with E-state index in [9.17, 15) is 29.7 Å². The van der Waals surface area contributed by atoms with E-state index >= 15 is 0 Å². The van der Waals surface area contributed by atoms with Crippen molar-refractivity contribution in [1.29, 1.82) is 0 Å². The molecule has 4 heterocycles. The second-order valence-electron chi connectivity index (χ2n) is 9.31. The lowest BCUT2D eigenvalue weighted by Crippen LogP contribution is -2.77. The van der Waals surface area contributed by atoms with Crippen LogP contribution in [0.25, 0.3) is 0 Å². The third-order valence-electron chi connectivity index (χ3n) is 8.22. The smallest absolute Gasteiger partial charge is 0.261 e. The second-order valence-corrected chi connectivity index (χ2v) is 11.9. The number of hydrogen-bond acceptors (Lipinski definition) is 8. The summed E-state index contributed by atoms with van der Waals surface area (Å²) in [7, 11) is 0. The van der Waals surface area contributed by atoms with Crippen LogP contribution in [-0.2, 0) is 14.4 Å². The lowest BCUT2D eigenvalue weighted by atomic mass is 9.80. The Morgan fingerprint density at radius 3 is 2.45 bits per heavy atom. The van der Waals surface area contributed by atoms with Gasteiger partial charge in [-0.15, -0.1) is 23.5 Å². The first-order chi connectivity index (χ1) is 13.8. The van der Waals surface area contributed by atoms with Crippen molar-refractivity contribution in [3.63, 3.8) is 0 Å². The Morgan fingerprint density at radius 2 is 1.72 bits per heavy atom. The van der Waals surface area contributed by atoms with Gasteiger partial charge in [0.15, 0.2) is 9.74 Å². The minimum atomic E-state index is -1.20. The largest absolute Gasteiger partial charge is 0.393 e. The Bertz CT molecular complexity index is 842. The third kappa shape index (κ3) is 1.94. The lowest BCUT2D eigenvalue weighted by molar-refractivity contribution is -0.172. The highest BCUT2D eigenvalue weighted by atomic mass is 32.2. The first-order valence-corrected chi connectivity index (χ1v) is 12.3. The van der Waals surface area contributed by atoms with E-state index in [4.69, 9.17) is 0 Å². The average molecular weight is 441 g/mol. The van der Waals surface area contributed by atoms with Crippen molar-refractivity contribution in [3.05, 3.63) is 0 Å². The molecule has 10 atom stereocenters. The number of piperazine rings is 1. The molecule has 0 spiro atoms. The van der Waals surface area contributed by atoms with Crippen molar-refractivity contribution >= 4 is 41.1 Å². The molecule has 10 heteroatoms. The van der Waals surface area contributed by atoms with Crippen molar-refractivity contribution in [1.82, 2.24) is 9.80 Å². The van der Waals surface area contributed by atoms with Crippen molar-refractivity contribution in [2.75, 3.05) is 6.26 Å². The standard InChI is InChI=1S/C19H24N2O6S2/c1-28-18-5-7-9(22)2-3-10(23)13(7)20(18)17(27)19-6-8-11(24)4-12(29-19)15(25)14(8)21(19)16(18)26/h7-10,12-15,22-23,25H,2-6H2,1H3/t7-,8+,9+,10+,12-,13+,14+,15+,18-,19-/m1/s1. The summed E-state index contributed by atoms with van der Waals surface area (Å²) in [6.07, 6.45) is 1.09. The number of nitrogens with zero attached hydrogens (tertiary/aromatic N) is 2. The summed E-state index contributed by atoms with van der Waals surface area (Å²) < 4.78 is 0. The van der Waals surface area contributed by atoms with Crippen LogP contribution in [0, 0.1) is 11.8 Å². The first kappa shape index (κ1) is 18.9. The van der Waals surface area contributed by atoms with Gasteiger partial charge in [0, 0.05) is 29.9 Å². The summed E-state index contributed by atoms with van der Waals surface area (Å²) in [6, 6.07) is -1.25. The van der Waals surface area contributed by atoms with Crippen LogP contribution in [0.15, 0.2) is 0 Å². The van der Waals surface area contributed by atoms with Gasteiger partial charge in [-0.25, -0.2) is 0 Å². The predicted molar refractivity (Wildman–Crippen MR) is 105 cm³/mol. The van der Waals surface area contributed by atoms with Gasteiger partial charge in [0.25, 0.3) is 11.8 Å². The number of aliphatic hydroxyl groups is 3. The number of aliphatic hydroxyl groups excluding tert-OH is 3. The fourth-order valence-corrected chi connectivity index (χ4v) is 9.86. The molecule has 3 N–H and O–H groups in total. The molecule has 0 aromatic carbocycles. The van der Waals surface area contributed by atoms with E-state index in [1.807, 2.05) is 0 Å². The summed E-state index contributed by atoms with van der Waals surface area (Å²) in [6.45, 7) is 0. The Hall–Kier alpha value is -0.810. The maximum absolute atomic E-state index is 14.1. The molecule has 2 amide bonds. The van der Waals surface area contributed by atoms with Gasteiger partial charge in [-0.3, -0.25) is 14.4 Å². The SMILES string of the molecule is CS[C@@]12C[C@H]3[C@@H]([C@@H](O)CC[C@@H]3O)N1C(=O)[C@@]13C[C@H]4C(=O)C[C@@H](S1)[C@H](O)[C@H]4N3C2=O. The molecule has 6 fully saturated rings. The van der Waals surface area contributed by atoms with E-state index in [-0.39, 0.29) is 48.0 Å². The number of carbonyl (C=O) groups is 3. The molecule has 0 radical (unpaired) electrons. The summed E-state index contributed by atoms with van der Waals surface area (Å²) >= 11 is 2.53. The zero-order valence-electron chi connectivity index (χ0n) is 15.9. The fraction of sp³-hybridized carbons (Fsp3) is 0.842. The molecule has 3 bridgehead atoms. The van der Waals surface area contributed by atoms with Crippen LogP contribution >= 0.6 is 23.5 Å². The molecule has 158 valence electrons. The van der Waals surface area contributed by atoms with E-state index in [1.54, 1.807) is 11.2 Å². The number of hydrogen-bond donors (Lipinski definition) is 3. The third-order valence-corrected chi connectivity index (χ3v) is 11.1. The highest BCUT2D eigenvalue weighted by Crippen LogP contribution is 2.65. The zero-order chi connectivity index (χ0) is 20.5. The molecule has 2 aliphatic carbocycles. The van der Waals surface area contributed by atoms with Gasteiger partial charge in [-0.1, -0.05) is 0 Å². The number of ketones is 1. The van der Waals surface area contributed by atoms with E-state index in [1.165, 1.54) is 28.4 Å². The molecule has 0 aromatic heterocycles. The minimum Gasteiger partial charge on any atom is -0.393 e. The second kappa shape index (κ2) is 5.70. The van der Waals surface area contributed by atoms with Gasteiger partial charge in [0.1, 0.15) is 5.78 Å². The predicted octanol–water partition coefficient (Wildman–Crippen LogP) is -0.845. The average Bonchev–Trinajstić information content (AvgIpc) is 3.15. The number of fused-ring (bicyclic) bond motifs is 4. The molecular weight excluding hydrogens is 416 g/mol. The minimum absolute atomic E-state index is 0.0223. The maximum Gasteiger partial charge on any atom is 0.261 e. The van der Waals surface area contributed by atoms with Crippen molar-refractivity contribution < 1.29 is 29.7 Å². The first-order valence-electron chi connectivity index (χ1n) is 10.2. The van der Waals surface area contributed by atoms with E-state index in [0.717, 1.165) is 0 Å². The van der Waals surface area contributed by atoms with Crippen LogP contribution in [-0.4, -0.2) is 94.4 Å². The molecule has 2 saturated carbocycles. The molecule has 8 nitrogen and oxygen atoms in total. The fourth-order valence-electron chi connectivity index (χ4n) is 6.98. The Morgan fingerprint density at radius 1 is 1.00 bits per heavy atom. The Balaban J connectivity index is 1.53. The van der Waals surface area contributed by atoms with E-state index in [2.05, 4.69) is 0 Å².